The average Bonchev–Trinajstić information content (AvgIpc) is 2.58. The normalized spacial score (nSPS) is 28.2. The fourth-order valence-electron chi connectivity index (χ4n) is 3.15. The van der Waals surface area contributed by atoms with Crippen LogP contribution in [-0.2, 0) is 5.54 Å². The summed E-state index contributed by atoms with van der Waals surface area (Å²) < 4.78 is 27.9. The van der Waals surface area contributed by atoms with Gasteiger partial charge in [0, 0.05) is 11.1 Å². The van der Waals surface area contributed by atoms with E-state index in [9.17, 15) is 8.78 Å². The van der Waals surface area contributed by atoms with Gasteiger partial charge in [0.05, 0.1) is 0 Å². The zero-order valence-electron chi connectivity index (χ0n) is 11.8. The SMILES string of the molecule is CCC1CCCC(N)(c2ccc(C)c(F)c2F)CC1. The third kappa shape index (κ3) is 2.81. The van der Waals surface area contributed by atoms with Crippen molar-refractivity contribution in [1.82, 2.24) is 0 Å². The Bertz CT molecular complexity index is 458. The molecule has 1 aliphatic carbocycles. The summed E-state index contributed by atoms with van der Waals surface area (Å²) in [5.41, 5.74) is 6.40. The zero-order valence-corrected chi connectivity index (χ0v) is 11.8. The largest absolute Gasteiger partial charge is 0.321 e. The van der Waals surface area contributed by atoms with Crippen LogP contribution >= 0.6 is 0 Å². The molecular formula is C16H23F2N. The highest BCUT2D eigenvalue weighted by molar-refractivity contribution is 5.31. The Hall–Kier alpha value is -0.960. The van der Waals surface area contributed by atoms with E-state index in [1.54, 1.807) is 19.1 Å². The first-order chi connectivity index (χ1) is 8.98. The Balaban J connectivity index is 2.32. The summed E-state index contributed by atoms with van der Waals surface area (Å²) in [6.45, 7) is 3.76. The molecule has 0 saturated heterocycles. The van der Waals surface area contributed by atoms with E-state index in [4.69, 9.17) is 5.73 Å². The van der Waals surface area contributed by atoms with E-state index in [0.717, 1.165) is 38.5 Å². The van der Waals surface area contributed by atoms with Crippen molar-refractivity contribution >= 4 is 0 Å². The minimum absolute atomic E-state index is 0.338. The molecule has 1 aromatic carbocycles. The predicted molar refractivity (Wildman–Crippen MR) is 73.8 cm³/mol. The topological polar surface area (TPSA) is 26.0 Å². The summed E-state index contributed by atoms with van der Waals surface area (Å²) in [7, 11) is 0. The molecule has 1 aliphatic rings. The fourth-order valence-corrected chi connectivity index (χ4v) is 3.15. The molecule has 1 nitrogen and oxygen atoms in total. The van der Waals surface area contributed by atoms with Gasteiger partial charge in [-0.2, -0.15) is 0 Å². The molecule has 1 saturated carbocycles. The van der Waals surface area contributed by atoms with Gasteiger partial charge in [0.15, 0.2) is 11.6 Å². The second kappa shape index (κ2) is 5.58. The van der Waals surface area contributed by atoms with Crippen molar-refractivity contribution in [2.75, 3.05) is 0 Å². The molecule has 0 bridgehead atoms. The maximum absolute atomic E-state index is 14.1. The summed E-state index contributed by atoms with van der Waals surface area (Å²) in [6.07, 6.45) is 5.76. The van der Waals surface area contributed by atoms with Crippen molar-refractivity contribution in [3.63, 3.8) is 0 Å². The molecule has 0 radical (unpaired) electrons. The van der Waals surface area contributed by atoms with Crippen molar-refractivity contribution < 1.29 is 8.78 Å². The molecule has 3 heteroatoms. The van der Waals surface area contributed by atoms with E-state index in [1.165, 1.54) is 0 Å². The third-order valence-electron chi connectivity index (χ3n) is 4.62. The Kier molecular flexibility index (Phi) is 4.24. The van der Waals surface area contributed by atoms with Gasteiger partial charge in [0.1, 0.15) is 0 Å². The summed E-state index contributed by atoms with van der Waals surface area (Å²) in [5.74, 6) is -0.833. The molecule has 1 aromatic rings. The molecule has 2 N–H and O–H groups in total. The number of halogens is 2. The van der Waals surface area contributed by atoms with E-state index in [2.05, 4.69) is 6.92 Å². The van der Waals surface area contributed by atoms with Crippen LogP contribution in [-0.4, -0.2) is 0 Å². The highest BCUT2D eigenvalue weighted by Crippen LogP contribution is 2.38. The minimum atomic E-state index is -0.752. The second-order valence-electron chi connectivity index (χ2n) is 5.92. The van der Waals surface area contributed by atoms with Gasteiger partial charge in [-0.25, -0.2) is 8.78 Å². The Morgan fingerprint density at radius 2 is 1.95 bits per heavy atom. The number of hydrogen-bond acceptors (Lipinski definition) is 1. The summed E-state index contributed by atoms with van der Waals surface area (Å²) in [6, 6.07) is 3.30. The molecule has 0 amide bonds. The maximum atomic E-state index is 14.1. The number of aryl methyl sites for hydroxylation is 1. The first kappa shape index (κ1) is 14.4. The Morgan fingerprint density at radius 3 is 2.63 bits per heavy atom. The van der Waals surface area contributed by atoms with Crippen LogP contribution in [0.2, 0.25) is 0 Å². The summed E-state index contributed by atoms with van der Waals surface area (Å²) in [4.78, 5) is 0. The molecule has 0 heterocycles. The van der Waals surface area contributed by atoms with E-state index in [-0.39, 0.29) is 0 Å². The van der Waals surface area contributed by atoms with Crippen molar-refractivity contribution in [1.29, 1.82) is 0 Å². The molecule has 2 unspecified atom stereocenters. The molecule has 0 aromatic heterocycles. The standard InChI is InChI=1S/C16H23F2N/c1-3-12-5-4-9-16(19,10-8-12)13-7-6-11(2)14(17)15(13)18/h6-7,12H,3-5,8-10,19H2,1-2H3. The quantitative estimate of drug-likeness (QED) is 0.789. The van der Waals surface area contributed by atoms with Gasteiger partial charge in [0.25, 0.3) is 0 Å². The lowest BCUT2D eigenvalue weighted by atomic mass is 9.82. The lowest BCUT2D eigenvalue weighted by Gasteiger charge is -2.29. The zero-order chi connectivity index (χ0) is 14.0. The average molecular weight is 267 g/mol. The molecule has 1 fully saturated rings. The molecule has 0 spiro atoms. The van der Waals surface area contributed by atoms with E-state index < -0.39 is 17.2 Å². The van der Waals surface area contributed by atoms with Gasteiger partial charge >= 0.3 is 0 Å². The second-order valence-corrected chi connectivity index (χ2v) is 5.92. The number of nitrogens with two attached hydrogens (primary N) is 1. The highest BCUT2D eigenvalue weighted by Gasteiger charge is 2.34. The monoisotopic (exact) mass is 267 g/mol. The Labute approximate surface area is 114 Å². The Morgan fingerprint density at radius 1 is 1.21 bits per heavy atom. The van der Waals surface area contributed by atoms with E-state index >= 15 is 0 Å². The summed E-state index contributed by atoms with van der Waals surface area (Å²) >= 11 is 0. The highest BCUT2D eigenvalue weighted by atomic mass is 19.2. The van der Waals surface area contributed by atoms with Crippen LogP contribution in [0.25, 0.3) is 0 Å². The van der Waals surface area contributed by atoms with Crippen molar-refractivity contribution in [3.05, 3.63) is 34.9 Å². The lowest BCUT2D eigenvalue weighted by Crippen LogP contribution is -2.37. The van der Waals surface area contributed by atoms with Crippen LogP contribution in [0.3, 0.4) is 0 Å². The molecule has 0 aliphatic heterocycles. The smallest absolute Gasteiger partial charge is 0.164 e. The molecule has 2 rings (SSSR count). The molecule has 19 heavy (non-hydrogen) atoms. The first-order valence-corrected chi connectivity index (χ1v) is 7.22. The fraction of sp³-hybridized carbons (Fsp3) is 0.625. The number of benzene rings is 1. The van der Waals surface area contributed by atoms with Crippen LogP contribution in [0.5, 0.6) is 0 Å². The number of hydrogen-bond donors (Lipinski definition) is 1. The first-order valence-electron chi connectivity index (χ1n) is 7.22. The predicted octanol–water partition coefficient (Wildman–Crippen LogP) is 4.42. The van der Waals surface area contributed by atoms with Crippen LogP contribution in [0.4, 0.5) is 8.78 Å². The van der Waals surface area contributed by atoms with Crippen LogP contribution in [0.15, 0.2) is 12.1 Å². The van der Waals surface area contributed by atoms with E-state index in [0.29, 0.717) is 17.0 Å². The van der Waals surface area contributed by atoms with Crippen LogP contribution in [0.1, 0.15) is 56.6 Å². The van der Waals surface area contributed by atoms with Gasteiger partial charge < -0.3 is 5.73 Å². The van der Waals surface area contributed by atoms with Gasteiger partial charge in [-0.05, 0) is 37.7 Å². The molecular weight excluding hydrogens is 244 g/mol. The summed E-state index contributed by atoms with van der Waals surface area (Å²) in [5, 5.41) is 0. The molecule has 2 atom stereocenters. The molecule has 106 valence electrons. The van der Waals surface area contributed by atoms with Crippen molar-refractivity contribution in [3.8, 4) is 0 Å². The maximum Gasteiger partial charge on any atom is 0.164 e. The lowest BCUT2D eigenvalue weighted by molar-refractivity contribution is 0.349. The minimum Gasteiger partial charge on any atom is -0.321 e. The van der Waals surface area contributed by atoms with E-state index in [1.807, 2.05) is 0 Å². The van der Waals surface area contributed by atoms with Crippen molar-refractivity contribution in [2.45, 2.75) is 57.9 Å². The van der Waals surface area contributed by atoms with Crippen LogP contribution in [0, 0.1) is 24.5 Å². The van der Waals surface area contributed by atoms with Crippen LogP contribution < -0.4 is 5.73 Å². The number of rotatable bonds is 2. The van der Waals surface area contributed by atoms with Gasteiger partial charge in [0.2, 0.25) is 0 Å². The van der Waals surface area contributed by atoms with Gasteiger partial charge in [-0.3, -0.25) is 0 Å². The van der Waals surface area contributed by atoms with Crippen molar-refractivity contribution in [2.24, 2.45) is 11.7 Å². The van der Waals surface area contributed by atoms with Gasteiger partial charge in [-0.1, -0.05) is 38.3 Å². The van der Waals surface area contributed by atoms with Gasteiger partial charge in [-0.15, -0.1) is 0 Å². The third-order valence-corrected chi connectivity index (χ3v) is 4.62.